The number of aliphatic hydroxyl groups is 1. The predicted molar refractivity (Wildman–Crippen MR) is 61.1 cm³/mol. The Kier molecular flexibility index (Phi) is 3.61. The second-order valence-electron chi connectivity index (χ2n) is 4.46. The number of hydrogen-bond acceptors (Lipinski definition) is 3. The zero-order valence-corrected chi connectivity index (χ0v) is 10.0. The van der Waals surface area contributed by atoms with Crippen molar-refractivity contribution in [3.05, 3.63) is 17.5 Å². The van der Waals surface area contributed by atoms with Gasteiger partial charge in [0.05, 0.1) is 18.0 Å². The molecule has 2 atom stereocenters. The highest BCUT2D eigenvalue weighted by Crippen LogP contribution is 2.28. The number of hydrogen-bond donors (Lipinski definition) is 1. The van der Waals surface area contributed by atoms with E-state index in [-0.39, 0.29) is 5.92 Å². The molecule has 2 heterocycles. The van der Waals surface area contributed by atoms with Crippen LogP contribution >= 0.6 is 0 Å². The maximum atomic E-state index is 10.3. The SMILES string of the molecule is CCc1cc(C(O)C2CCCOC2)n(C)n1. The summed E-state index contributed by atoms with van der Waals surface area (Å²) in [6.07, 6.45) is 2.54. The van der Waals surface area contributed by atoms with Crippen LogP contribution in [0.2, 0.25) is 0 Å². The van der Waals surface area contributed by atoms with Gasteiger partial charge in [-0.1, -0.05) is 6.92 Å². The molecular weight excluding hydrogens is 204 g/mol. The highest BCUT2D eigenvalue weighted by Gasteiger charge is 2.26. The fourth-order valence-corrected chi connectivity index (χ4v) is 2.25. The third kappa shape index (κ3) is 2.28. The fraction of sp³-hybridized carbons (Fsp3) is 0.750. The molecule has 1 fully saturated rings. The zero-order valence-electron chi connectivity index (χ0n) is 10.0. The summed E-state index contributed by atoms with van der Waals surface area (Å²) in [7, 11) is 1.89. The number of ether oxygens (including phenoxy) is 1. The lowest BCUT2D eigenvalue weighted by Gasteiger charge is -2.26. The van der Waals surface area contributed by atoms with Gasteiger partial charge in [-0.25, -0.2) is 0 Å². The molecule has 2 unspecified atom stereocenters. The van der Waals surface area contributed by atoms with Gasteiger partial charge in [0.1, 0.15) is 6.10 Å². The molecule has 1 aromatic rings. The van der Waals surface area contributed by atoms with Gasteiger partial charge in [0.15, 0.2) is 0 Å². The Hall–Kier alpha value is -0.870. The molecule has 1 aromatic heterocycles. The molecule has 1 N–H and O–H groups in total. The Labute approximate surface area is 96.2 Å². The van der Waals surface area contributed by atoms with Crippen molar-refractivity contribution in [2.45, 2.75) is 32.3 Å². The van der Waals surface area contributed by atoms with Crippen LogP contribution in [0.25, 0.3) is 0 Å². The van der Waals surface area contributed by atoms with Crippen LogP contribution < -0.4 is 0 Å². The second-order valence-corrected chi connectivity index (χ2v) is 4.46. The van der Waals surface area contributed by atoms with Gasteiger partial charge < -0.3 is 9.84 Å². The average Bonchev–Trinajstić information content (AvgIpc) is 2.71. The van der Waals surface area contributed by atoms with Gasteiger partial charge in [-0.2, -0.15) is 5.10 Å². The van der Waals surface area contributed by atoms with E-state index in [4.69, 9.17) is 4.74 Å². The normalized spacial score (nSPS) is 23.3. The number of rotatable bonds is 3. The molecule has 0 aromatic carbocycles. The van der Waals surface area contributed by atoms with E-state index in [0.717, 1.165) is 37.3 Å². The Bertz CT molecular complexity index is 343. The van der Waals surface area contributed by atoms with Crippen molar-refractivity contribution in [1.29, 1.82) is 0 Å². The zero-order chi connectivity index (χ0) is 11.5. The first kappa shape index (κ1) is 11.6. The van der Waals surface area contributed by atoms with Crippen molar-refractivity contribution in [2.75, 3.05) is 13.2 Å². The number of nitrogens with zero attached hydrogens (tertiary/aromatic N) is 2. The molecule has 0 spiro atoms. The van der Waals surface area contributed by atoms with E-state index in [9.17, 15) is 5.11 Å². The standard InChI is InChI=1S/C12H20N2O2/c1-3-10-7-11(14(2)13-10)12(15)9-5-4-6-16-8-9/h7,9,12,15H,3-6,8H2,1-2H3. The Morgan fingerprint density at radius 2 is 2.50 bits per heavy atom. The van der Waals surface area contributed by atoms with Crippen molar-refractivity contribution in [3.63, 3.8) is 0 Å². The highest BCUT2D eigenvalue weighted by molar-refractivity contribution is 5.13. The molecule has 4 nitrogen and oxygen atoms in total. The molecule has 1 aliphatic rings. The Balaban J connectivity index is 2.12. The molecule has 0 amide bonds. The minimum atomic E-state index is -0.446. The third-order valence-corrected chi connectivity index (χ3v) is 3.27. The maximum Gasteiger partial charge on any atom is 0.101 e. The van der Waals surface area contributed by atoms with E-state index in [0.29, 0.717) is 6.61 Å². The molecule has 90 valence electrons. The van der Waals surface area contributed by atoms with E-state index < -0.39 is 6.10 Å². The smallest absolute Gasteiger partial charge is 0.101 e. The molecule has 0 aliphatic carbocycles. The number of aliphatic hydroxyl groups excluding tert-OH is 1. The van der Waals surface area contributed by atoms with Crippen LogP contribution in [0.15, 0.2) is 6.07 Å². The highest BCUT2D eigenvalue weighted by atomic mass is 16.5. The molecule has 1 aliphatic heterocycles. The van der Waals surface area contributed by atoms with Crippen LogP contribution in [-0.4, -0.2) is 28.1 Å². The van der Waals surface area contributed by atoms with Crippen LogP contribution in [0, 0.1) is 5.92 Å². The molecule has 4 heteroatoms. The van der Waals surface area contributed by atoms with Crippen LogP contribution in [0.3, 0.4) is 0 Å². The lowest BCUT2D eigenvalue weighted by molar-refractivity contribution is -0.0128. The summed E-state index contributed by atoms with van der Waals surface area (Å²) in [6, 6.07) is 2.00. The van der Waals surface area contributed by atoms with Gasteiger partial charge in [0, 0.05) is 19.6 Å². The summed E-state index contributed by atoms with van der Waals surface area (Å²) in [4.78, 5) is 0. The minimum Gasteiger partial charge on any atom is -0.386 e. The fourth-order valence-electron chi connectivity index (χ4n) is 2.25. The summed E-state index contributed by atoms with van der Waals surface area (Å²) < 4.78 is 7.20. The van der Waals surface area contributed by atoms with Crippen LogP contribution in [0.5, 0.6) is 0 Å². The monoisotopic (exact) mass is 224 g/mol. The van der Waals surface area contributed by atoms with Gasteiger partial charge in [0.2, 0.25) is 0 Å². The average molecular weight is 224 g/mol. The van der Waals surface area contributed by atoms with E-state index in [1.165, 1.54) is 0 Å². The summed E-state index contributed by atoms with van der Waals surface area (Å²) in [5, 5.41) is 14.7. The Morgan fingerprint density at radius 1 is 1.69 bits per heavy atom. The summed E-state index contributed by atoms with van der Waals surface area (Å²) in [5.41, 5.74) is 1.95. The minimum absolute atomic E-state index is 0.217. The van der Waals surface area contributed by atoms with Gasteiger partial charge in [-0.15, -0.1) is 0 Å². The van der Waals surface area contributed by atoms with Crippen LogP contribution in [0.4, 0.5) is 0 Å². The van der Waals surface area contributed by atoms with E-state index in [2.05, 4.69) is 12.0 Å². The van der Waals surface area contributed by atoms with Crippen molar-refractivity contribution < 1.29 is 9.84 Å². The van der Waals surface area contributed by atoms with Crippen LogP contribution in [0.1, 0.15) is 37.3 Å². The molecule has 1 saturated heterocycles. The summed E-state index contributed by atoms with van der Waals surface area (Å²) in [5.74, 6) is 0.217. The van der Waals surface area contributed by atoms with Gasteiger partial charge in [0.25, 0.3) is 0 Å². The van der Waals surface area contributed by atoms with E-state index in [1.54, 1.807) is 4.68 Å². The van der Waals surface area contributed by atoms with Gasteiger partial charge >= 0.3 is 0 Å². The topological polar surface area (TPSA) is 47.3 Å². The van der Waals surface area contributed by atoms with Crippen LogP contribution in [-0.2, 0) is 18.2 Å². The Morgan fingerprint density at radius 3 is 3.06 bits per heavy atom. The molecule has 16 heavy (non-hydrogen) atoms. The maximum absolute atomic E-state index is 10.3. The molecular formula is C12H20N2O2. The number of aromatic nitrogens is 2. The van der Waals surface area contributed by atoms with Gasteiger partial charge in [-0.05, 0) is 25.3 Å². The van der Waals surface area contributed by atoms with Crippen molar-refractivity contribution in [1.82, 2.24) is 9.78 Å². The number of aryl methyl sites for hydroxylation is 2. The largest absolute Gasteiger partial charge is 0.386 e. The summed E-state index contributed by atoms with van der Waals surface area (Å²) >= 11 is 0. The predicted octanol–water partition coefficient (Wildman–Crippen LogP) is 1.44. The second kappa shape index (κ2) is 4.97. The molecule has 0 bridgehead atoms. The van der Waals surface area contributed by atoms with Crippen molar-refractivity contribution in [2.24, 2.45) is 13.0 Å². The molecule has 2 rings (SSSR count). The van der Waals surface area contributed by atoms with Gasteiger partial charge in [-0.3, -0.25) is 4.68 Å². The lowest BCUT2D eigenvalue weighted by atomic mass is 9.94. The quantitative estimate of drug-likeness (QED) is 0.845. The van der Waals surface area contributed by atoms with E-state index in [1.807, 2.05) is 13.1 Å². The first-order valence-electron chi connectivity index (χ1n) is 6.01. The lowest BCUT2D eigenvalue weighted by Crippen LogP contribution is -2.25. The van der Waals surface area contributed by atoms with E-state index >= 15 is 0 Å². The van der Waals surface area contributed by atoms with Crippen molar-refractivity contribution >= 4 is 0 Å². The molecule has 0 radical (unpaired) electrons. The first-order valence-corrected chi connectivity index (χ1v) is 6.01. The molecule has 0 saturated carbocycles. The third-order valence-electron chi connectivity index (χ3n) is 3.27. The van der Waals surface area contributed by atoms with Crippen molar-refractivity contribution in [3.8, 4) is 0 Å². The summed E-state index contributed by atoms with van der Waals surface area (Å²) in [6.45, 7) is 3.56. The first-order chi connectivity index (χ1) is 7.72.